The number of terminal acetylenes is 1. The number of rotatable bonds is 4. The van der Waals surface area contributed by atoms with Crippen LogP contribution < -0.4 is 5.32 Å². The summed E-state index contributed by atoms with van der Waals surface area (Å²) in [6.45, 7) is 0. The molecular weight excluding hydrogens is 262 g/mol. The third-order valence-corrected chi connectivity index (χ3v) is 3.69. The van der Waals surface area contributed by atoms with Crippen molar-refractivity contribution in [1.82, 2.24) is 5.32 Å². The number of fused-ring (bicyclic) bond motifs is 1. The fourth-order valence-corrected chi connectivity index (χ4v) is 2.61. The largest absolute Gasteiger partial charge is 0.480 e. The molecule has 0 fully saturated rings. The Bertz CT molecular complexity index is 636. The number of hydrogen-bond acceptors (Lipinski definition) is 3. The first-order valence-corrected chi connectivity index (χ1v) is 6.39. The lowest BCUT2D eigenvalue weighted by Crippen LogP contribution is -2.40. The number of carbonyl (C=O) groups excluding carboxylic acids is 1. The minimum atomic E-state index is -1.13. The van der Waals surface area contributed by atoms with Crippen LogP contribution in [0.1, 0.15) is 16.1 Å². The van der Waals surface area contributed by atoms with Gasteiger partial charge in [0.05, 0.1) is 4.88 Å². The molecule has 1 heterocycles. The number of carbonyl (C=O) groups is 2. The van der Waals surface area contributed by atoms with Crippen molar-refractivity contribution in [3.8, 4) is 12.3 Å². The molecule has 1 amide bonds. The van der Waals surface area contributed by atoms with Crippen molar-refractivity contribution in [2.75, 3.05) is 0 Å². The van der Waals surface area contributed by atoms with Gasteiger partial charge in [0.1, 0.15) is 6.04 Å². The van der Waals surface area contributed by atoms with E-state index in [9.17, 15) is 9.59 Å². The van der Waals surface area contributed by atoms with Crippen LogP contribution >= 0.6 is 11.3 Å². The zero-order chi connectivity index (χ0) is 13.8. The first-order chi connectivity index (χ1) is 9.11. The summed E-state index contributed by atoms with van der Waals surface area (Å²) in [5, 5.41) is 12.3. The van der Waals surface area contributed by atoms with E-state index in [0.717, 1.165) is 10.1 Å². The van der Waals surface area contributed by atoms with E-state index < -0.39 is 17.9 Å². The molecule has 1 atom stereocenters. The fraction of sp³-hybridized carbons (Fsp3) is 0.143. The second kappa shape index (κ2) is 5.55. The van der Waals surface area contributed by atoms with Crippen LogP contribution in [0.2, 0.25) is 0 Å². The van der Waals surface area contributed by atoms with Crippen LogP contribution in [0.15, 0.2) is 30.3 Å². The first kappa shape index (κ1) is 13.1. The Morgan fingerprint density at radius 1 is 1.42 bits per heavy atom. The van der Waals surface area contributed by atoms with Crippen LogP contribution in [0, 0.1) is 12.3 Å². The molecule has 4 nitrogen and oxygen atoms in total. The van der Waals surface area contributed by atoms with Crippen LogP contribution in [0.4, 0.5) is 0 Å². The lowest BCUT2D eigenvalue weighted by atomic mass is 10.2. The van der Waals surface area contributed by atoms with E-state index in [1.165, 1.54) is 11.3 Å². The summed E-state index contributed by atoms with van der Waals surface area (Å²) in [6.07, 6.45) is 5.05. The number of carboxylic acids is 1. The van der Waals surface area contributed by atoms with Crippen molar-refractivity contribution in [3.05, 3.63) is 35.2 Å². The van der Waals surface area contributed by atoms with E-state index in [2.05, 4.69) is 11.2 Å². The van der Waals surface area contributed by atoms with Crippen LogP contribution in [0.5, 0.6) is 0 Å². The molecule has 2 rings (SSSR count). The van der Waals surface area contributed by atoms with Crippen molar-refractivity contribution < 1.29 is 14.7 Å². The molecule has 0 saturated carbocycles. The third kappa shape index (κ3) is 2.92. The summed E-state index contributed by atoms with van der Waals surface area (Å²) in [5.41, 5.74) is 0. The molecule has 0 aliphatic heterocycles. The Morgan fingerprint density at radius 3 is 2.79 bits per heavy atom. The molecule has 0 saturated heterocycles. The van der Waals surface area contributed by atoms with Gasteiger partial charge in [0.15, 0.2) is 0 Å². The van der Waals surface area contributed by atoms with Crippen molar-refractivity contribution in [2.24, 2.45) is 0 Å². The zero-order valence-corrected chi connectivity index (χ0v) is 10.7. The van der Waals surface area contributed by atoms with Crippen molar-refractivity contribution in [3.63, 3.8) is 0 Å². The Hall–Kier alpha value is -2.32. The summed E-state index contributed by atoms with van der Waals surface area (Å²) in [6, 6.07) is 8.27. The van der Waals surface area contributed by atoms with Crippen LogP contribution in [0.25, 0.3) is 10.1 Å². The molecule has 2 N–H and O–H groups in total. The predicted molar refractivity (Wildman–Crippen MR) is 74.2 cm³/mol. The van der Waals surface area contributed by atoms with Crippen molar-refractivity contribution in [2.45, 2.75) is 12.5 Å². The maximum atomic E-state index is 12.0. The second-order valence-corrected chi connectivity index (χ2v) is 5.00. The average Bonchev–Trinajstić information content (AvgIpc) is 2.81. The molecular formula is C14H11NO3S. The minimum absolute atomic E-state index is 0.0357. The molecule has 1 unspecified atom stereocenters. The maximum Gasteiger partial charge on any atom is 0.327 e. The van der Waals surface area contributed by atoms with E-state index in [-0.39, 0.29) is 6.42 Å². The normalized spacial score (nSPS) is 11.7. The third-order valence-electron chi connectivity index (χ3n) is 2.57. The lowest BCUT2D eigenvalue weighted by Gasteiger charge is -2.10. The highest BCUT2D eigenvalue weighted by Crippen LogP contribution is 2.25. The second-order valence-electron chi connectivity index (χ2n) is 3.92. The van der Waals surface area contributed by atoms with Crippen molar-refractivity contribution in [1.29, 1.82) is 0 Å². The number of carboxylic acid groups (broad SMARTS) is 1. The van der Waals surface area contributed by atoms with Gasteiger partial charge in [-0.05, 0) is 17.5 Å². The number of hydrogen-bond donors (Lipinski definition) is 2. The van der Waals surface area contributed by atoms with Gasteiger partial charge in [0.2, 0.25) is 0 Å². The topological polar surface area (TPSA) is 66.4 Å². The molecule has 19 heavy (non-hydrogen) atoms. The molecule has 0 bridgehead atoms. The molecule has 1 aromatic heterocycles. The molecule has 0 aliphatic rings. The van der Waals surface area contributed by atoms with E-state index in [4.69, 9.17) is 11.5 Å². The fourth-order valence-electron chi connectivity index (χ4n) is 1.64. The Kier molecular flexibility index (Phi) is 3.83. The van der Waals surface area contributed by atoms with Gasteiger partial charge in [0, 0.05) is 11.1 Å². The quantitative estimate of drug-likeness (QED) is 0.838. The Labute approximate surface area is 114 Å². The van der Waals surface area contributed by atoms with E-state index in [0.29, 0.717) is 4.88 Å². The molecule has 2 aromatic rings. The van der Waals surface area contributed by atoms with Gasteiger partial charge < -0.3 is 10.4 Å². The van der Waals surface area contributed by atoms with Crippen LogP contribution in [0.3, 0.4) is 0 Å². The standard InChI is InChI=1S/C14H11NO3S/c1-2-5-10(14(17)18)15-13(16)12-8-9-6-3-4-7-11(9)19-12/h1,3-4,6-8,10H,5H2,(H,15,16)(H,17,18). The van der Waals surface area contributed by atoms with Crippen LogP contribution in [-0.2, 0) is 4.79 Å². The van der Waals surface area contributed by atoms with Gasteiger partial charge in [-0.25, -0.2) is 4.79 Å². The zero-order valence-electron chi connectivity index (χ0n) is 9.92. The highest BCUT2D eigenvalue weighted by molar-refractivity contribution is 7.20. The average molecular weight is 273 g/mol. The van der Waals surface area contributed by atoms with Crippen molar-refractivity contribution >= 4 is 33.3 Å². The maximum absolute atomic E-state index is 12.0. The smallest absolute Gasteiger partial charge is 0.327 e. The monoisotopic (exact) mass is 273 g/mol. The summed E-state index contributed by atoms with van der Waals surface area (Å²) in [5.74, 6) is 0.695. The molecule has 0 aliphatic carbocycles. The number of thiophene rings is 1. The highest BCUT2D eigenvalue weighted by Gasteiger charge is 2.20. The van der Waals surface area contributed by atoms with E-state index in [1.54, 1.807) is 6.07 Å². The Balaban J connectivity index is 2.19. The number of nitrogens with one attached hydrogen (secondary N) is 1. The summed E-state index contributed by atoms with van der Waals surface area (Å²) >= 11 is 1.32. The molecule has 0 spiro atoms. The highest BCUT2D eigenvalue weighted by atomic mass is 32.1. The molecule has 5 heteroatoms. The Morgan fingerprint density at radius 2 is 2.16 bits per heavy atom. The minimum Gasteiger partial charge on any atom is -0.480 e. The van der Waals surface area contributed by atoms with Gasteiger partial charge in [-0.2, -0.15) is 0 Å². The van der Waals surface area contributed by atoms with Gasteiger partial charge >= 0.3 is 5.97 Å². The first-order valence-electron chi connectivity index (χ1n) is 5.57. The lowest BCUT2D eigenvalue weighted by molar-refractivity contribution is -0.139. The number of amides is 1. The predicted octanol–water partition coefficient (Wildman–Crippen LogP) is 2.11. The number of benzene rings is 1. The van der Waals surface area contributed by atoms with E-state index >= 15 is 0 Å². The van der Waals surface area contributed by atoms with Gasteiger partial charge in [-0.1, -0.05) is 18.2 Å². The summed E-state index contributed by atoms with van der Waals surface area (Å²) in [4.78, 5) is 23.4. The summed E-state index contributed by atoms with van der Waals surface area (Å²) in [7, 11) is 0. The number of aliphatic carboxylic acids is 1. The SMILES string of the molecule is C#CCC(NC(=O)c1cc2ccccc2s1)C(=O)O. The molecule has 0 radical (unpaired) electrons. The van der Waals surface area contributed by atoms with Gasteiger partial charge in [-0.3, -0.25) is 4.79 Å². The van der Waals surface area contributed by atoms with Gasteiger partial charge in [0.25, 0.3) is 5.91 Å². The molecule has 1 aromatic carbocycles. The van der Waals surface area contributed by atoms with Gasteiger partial charge in [-0.15, -0.1) is 23.7 Å². The summed E-state index contributed by atoms with van der Waals surface area (Å²) < 4.78 is 0.983. The van der Waals surface area contributed by atoms with E-state index in [1.807, 2.05) is 24.3 Å². The van der Waals surface area contributed by atoms with Crippen LogP contribution in [-0.4, -0.2) is 23.0 Å². The molecule has 96 valence electrons.